The van der Waals surface area contributed by atoms with E-state index in [-0.39, 0.29) is 12.5 Å². The van der Waals surface area contributed by atoms with Gasteiger partial charge in [0.1, 0.15) is 18.2 Å². The van der Waals surface area contributed by atoms with Gasteiger partial charge in [-0.3, -0.25) is 4.79 Å². The normalized spacial score (nSPS) is 18.4. The second kappa shape index (κ2) is 15.1. The molecule has 2 fully saturated rings. The molecule has 0 aromatic carbocycles. The van der Waals surface area contributed by atoms with E-state index in [2.05, 4.69) is 23.9 Å². The highest BCUT2D eigenvalue weighted by molar-refractivity contribution is 5.87. The highest BCUT2D eigenvalue weighted by Gasteiger charge is 2.34. The van der Waals surface area contributed by atoms with Crippen molar-refractivity contribution in [3.8, 4) is 0 Å². The molecule has 170 valence electrons. The predicted molar refractivity (Wildman–Crippen MR) is 115 cm³/mol. The Labute approximate surface area is 176 Å². The lowest BCUT2D eigenvalue weighted by atomic mass is 10.0. The summed E-state index contributed by atoms with van der Waals surface area (Å²) in [5.74, 6) is -0.739. The molecule has 1 aliphatic heterocycles. The minimum atomic E-state index is -0.653. The van der Waals surface area contributed by atoms with Gasteiger partial charge in [-0.25, -0.2) is 9.59 Å². The first-order chi connectivity index (χ1) is 13.7. The van der Waals surface area contributed by atoms with Crippen LogP contribution in [-0.2, 0) is 19.1 Å². The number of methoxy groups -OCH3 is 1. The van der Waals surface area contributed by atoms with Gasteiger partial charge in [-0.1, -0.05) is 58.8 Å². The van der Waals surface area contributed by atoms with Crippen LogP contribution in [0.2, 0.25) is 0 Å². The number of hydrogen-bond acceptors (Lipinski definition) is 5. The lowest BCUT2D eigenvalue weighted by Crippen LogP contribution is -2.46. The lowest BCUT2D eigenvalue weighted by molar-refractivity contribution is -0.150. The molecule has 1 unspecified atom stereocenters. The fourth-order valence-electron chi connectivity index (χ4n) is 3.07. The topological polar surface area (TPSA) is 84.9 Å². The molecule has 0 radical (unpaired) electrons. The van der Waals surface area contributed by atoms with Gasteiger partial charge in [-0.05, 0) is 33.6 Å². The molecule has 1 saturated carbocycles. The number of nitrogens with one attached hydrogen (secondary N) is 1. The second-order valence-corrected chi connectivity index (χ2v) is 8.45. The Morgan fingerprint density at radius 2 is 1.45 bits per heavy atom. The van der Waals surface area contributed by atoms with Gasteiger partial charge >= 0.3 is 12.1 Å². The first-order valence-electron chi connectivity index (χ1n) is 11.0. The molecule has 0 spiro atoms. The predicted octanol–water partition coefficient (Wildman–Crippen LogP) is 4.43. The summed E-state index contributed by atoms with van der Waals surface area (Å²) in [6.45, 7) is 9.77. The summed E-state index contributed by atoms with van der Waals surface area (Å²) in [5, 5.41) is 2.39. The van der Waals surface area contributed by atoms with Crippen molar-refractivity contribution >= 4 is 18.0 Å². The summed E-state index contributed by atoms with van der Waals surface area (Å²) in [7, 11) is 1.29. The lowest BCUT2D eigenvalue weighted by Gasteiger charge is -2.23. The van der Waals surface area contributed by atoms with E-state index in [4.69, 9.17) is 4.74 Å². The first kappa shape index (κ1) is 27.2. The van der Waals surface area contributed by atoms with E-state index in [1.807, 2.05) is 0 Å². The largest absolute Gasteiger partial charge is 0.467 e. The van der Waals surface area contributed by atoms with Gasteiger partial charge in [0.05, 0.1) is 7.11 Å². The Bertz CT molecular complexity index is 473. The zero-order valence-corrected chi connectivity index (χ0v) is 19.3. The Kier molecular flexibility index (Phi) is 14.2. The summed E-state index contributed by atoms with van der Waals surface area (Å²) in [6.07, 6.45) is 10.9. The van der Waals surface area contributed by atoms with Crippen molar-refractivity contribution < 1.29 is 23.9 Å². The molecule has 0 aromatic heterocycles. The van der Waals surface area contributed by atoms with Crippen LogP contribution in [0.15, 0.2) is 0 Å². The van der Waals surface area contributed by atoms with Crippen LogP contribution in [0.1, 0.15) is 92.4 Å². The highest BCUT2D eigenvalue weighted by atomic mass is 16.6. The molecule has 7 heteroatoms. The number of nitrogens with zero attached hydrogens (tertiary/aromatic N) is 1. The summed E-state index contributed by atoms with van der Waals surface area (Å²) in [4.78, 5) is 36.4. The number of alkyl carbamates (subject to hydrolysis) is 1. The molecule has 2 rings (SSSR count). The van der Waals surface area contributed by atoms with Gasteiger partial charge in [0.2, 0.25) is 5.91 Å². The van der Waals surface area contributed by atoms with Crippen molar-refractivity contribution in [2.45, 2.75) is 104 Å². The third-order valence-electron chi connectivity index (χ3n) is 4.33. The fourth-order valence-corrected chi connectivity index (χ4v) is 3.07. The number of rotatable bonds is 3. The van der Waals surface area contributed by atoms with E-state index in [0.29, 0.717) is 13.0 Å². The van der Waals surface area contributed by atoms with Crippen LogP contribution < -0.4 is 5.32 Å². The maximum Gasteiger partial charge on any atom is 0.408 e. The third-order valence-corrected chi connectivity index (χ3v) is 4.33. The zero-order chi connectivity index (χ0) is 22.3. The molecule has 0 aromatic rings. The van der Waals surface area contributed by atoms with Gasteiger partial charge in [0.15, 0.2) is 0 Å². The molecule has 2 aliphatic rings. The van der Waals surface area contributed by atoms with Crippen molar-refractivity contribution in [3.63, 3.8) is 0 Å². The average Bonchev–Trinajstić information content (AvgIpc) is 3.16. The van der Waals surface area contributed by atoms with E-state index < -0.39 is 23.7 Å². The summed E-state index contributed by atoms with van der Waals surface area (Å²) < 4.78 is 9.69. The molecule has 1 atom stereocenters. The molecule has 1 heterocycles. The first-order valence-corrected chi connectivity index (χ1v) is 11.0. The quantitative estimate of drug-likeness (QED) is 0.691. The van der Waals surface area contributed by atoms with E-state index in [9.17, 15) is 14.4 Å². The molecular formula is C22H42N2O5. The molecule has 2 amide bonds. The molecule has 29 heavy (non-hydrogen) atoms. The van der Waals surface area contributed by atoms with E-state index in [1.165, 1.54) is 57.0 Å². The van der Waals surface area contributed by atoms with Gasteiger partial charge < -0.3 is 19.7 Å². The van der Waals surface area contributed by atoms with Crippen LogP contribution >= 0.6 is 0 Å². The van der Waals surface area contributed by atoms with E-state index in [1.54, 1.807) is 20.8 Å². The van der Waals surface area contributed by atoms with Crippen LogP contribution in [0, 0.1) is 0 Å². The van der Waals surface area contributed by atoms with Crippen molar-refractivity contribution in [3.05, 3.63) is 0 Å². The number of ether oxygens (including phenoxy) is 2. The summed E-state index contributed by atoms with van der Waals surface area (Å²) >= 11 is 0. The smallest absolute Gasteiger partial charge is 0.408 e. The van der Waals surface area contributed by atoms with Crippen LogP contribution in [0.25, 0.3) is 0 Å². The van der Waals surface area contributed by atoms with Crippen molar-refractivity contribution in [2.75, 3.05) is 20.2 Å². The minimum absolute atomic E-state index is 0.192. The number of hydrogen-bond donors (Lipinski definition) is 1. The standard InChI is InChI=1S/C13H22N2O5.C6H12.C3H8/c1-13(2,3)20-12(18)14-8-10(16)15-7-5-6-9(15)11(17)19-4;1-2-4-6-5-3-1;1-3-2/h9H,5-8H2,1-4H3,(H,14,18);1-6H2;3H2,1-2H3. The molecule has 1 aliphatic carbocycles. The SMILES string of the molecule is C1CCCCC1.CCC.COC(=O)C1CCCN1C(=O)CNC(=O)OC(C)(C)C. The number of carbonyl (C=O) groups excluding carboxylic acids is 3. The van der Waals surface area contributed by atoms with E-state index >= 15 is 0 Å². The minimum Gasteiger partial charge on any atom is -0.467 e. The molecule has 1 saturated heterocycles. The third kappa shape index (κ3) is 13.1. The number of amides is 2. The molecular weight excluding hydrogens is 372 g/mol. The maximum atomic E-state index is 12.0. The Balaban J connectivity index is 0.000000717. The summed E-state index contributed by atoms with van der Waals surface area (Å²) in [5.41, 5.74) is -0.616. The maximum absolute atomic E-state index is 12.0. The van der Waals surface area contributed by atoms with Gasteiger partial charge in [-0.2, -0.15) is 0 Å². The van der Waals surface area contributed by atoms with Crippen molar-refractivity contribution in [1.82, 2.24) is 10.2 Å². The second-order valence-electron chi connectivity index (χ2n) is 8.45. The monoisotopic (exact) mass is 414 g/mol. The highest BCUT2D eigenvalue weighted by Crippen LogP contribution is 2.18. The fraction of sp³-hybridized carbons (Fsp3) is 0.864. The van der Waals surface area contributed by atoms with Crippen LogP contribution in [-0.4, -0.2) is 54.7 Å². The number of likely N-dealkylation sites (tertiary alicyclic amines) is 1. The zero-order valence-electron chi connectivity index (χ0n) is 19.3. The van der Waals surface area contributed by atoms with Gasteiger partial charge in [0, 0.05) is 6.54 Å². The van der Waals surface area contributed by atoms with E-state index in [0.717, 1.165) is 6.42 Å². The Hall–Kier alpha value is -1.79. The average molecular weight is 415 g/mol. The molecule has 0 bridgehead atoms. The van der Waals surface area contributed by atoms with Crippen LogP contribution in [0.3, 0.4) is 0 Å². The number of esters is 1. The van der Waals surface area contributed by atoms with Gasteiger partial charge in [-0.15, -0.1) is 0 Å². The van der Waals surface area contributed by atoms with Crippen molar-refractivity contribution in [1.29, 1.82) is 0 Å². The van der Waals surface area contributed by atoms with Crippen LogP contribution in [0.4, 0.5) is 4.79 Å². The Morgan fingerprint density at radius 3 is 1.86 bits per heavy atom. The number of carbonyl (C=O) groups is 3. The van der Waals surface area contributed by atoms with Gasteiger partial charge in [0.25, 0.3) is 0 Å². The summed E-state index contributed by atoms with van der Waals surface area (Å²) in [6, 6.07) is -0.548. The molecule has 7 nitrogen and oxygen atoms in total. The Morgan fingerprint density at radius 1 is 0.966 bits per heavy atom. The van der Waals surface area contributed by atoms with Crippen LogP contribution in [0.5, 0.6) is 0 Å². The van der Waals surface area contributed by atoms with Crippen molar-refractivity contribution in [2.24, 2.45) is 0 Å². The molecule has 1 N–H and O–H groups in total.